The van der Waals surface area contributed by atoms with Crippen LogP contribution in [0.5, 0.6) is 0 Å². The molecule has 0 saturated carbocycles. The van der Waals surface area contributed by atoms with E-state index in [0.29, 0.717) is 12.1 Å². The molecule has 1 aromatic heterocycles. The third kappa shape index (κ3) is 3.36. The van der Waals surface area contributed by atoms with Gasteiger partial charge in [-0.15, -0.1) is 0 Å². The molecule has 136 valence electrons. The number of aromatic amines is 1. The lowest BCUT2D eigenvalue weighted by molar-refractivity contribution is 0.511. The van der Waals surface area contributed by atoms with Crippen molar-refractivity contribution in [2.75, 3.05) is 0 Å². The summed E-state index contributed by atoms with van der Waals surface area (Å²) < 4.78 is 27.8. The van der Waals surface area contributed by atoms with Crippen molar-refractivity contribution in [2.24, 2.45) is 0 Å². The Bertz CT molecular complexity index is 1080. The number of hydrogen-bond donors (Lipinski definition) is 2. The zero-order valence-corrected chi connectivity index (χ0v) is 15.0. The average Bonchev–Trinajstić information content (AvgIpc) is 3.16. The first-order chi connectivity index (χ1) is 13.1. The van der Waals surface area contributed by atoms with Gasteiger partial charge in [-0.05, 0) is 34.9 Å². The highest BCUT2D eigenvalue weighted by molar-refractivity contribution is 5.86. The van der Waals surface area contributed by atoms with Gasteiger partial charge in [0.25, 0.3) is 0 Å². The van der Waals surface area contributed by atoms with Crippen molar-refractivity contribution in [2.45, 2.75) is 19.5 Å². The summed E-state index contributed by atoms with van der Waals surface area (Å²) in [5.74, 6) is -1.66. The Kier molecular flexibility index (Phi) is 4.73. The average molecular weight is 362 g/mol. The molecule has 0 aliphatic rings. The van der Waals surface area contributed by atoms with Crippen molar-refractivity contribution in [3.63, 3.8) is 0 Å². The fourth-order valence-corrected chi connectivity index (χ4v) is 3.51. The number of nitrogens with one attached hydrogen (secondary N) is 2. The number of fused-ring (bicyclic) bond motifs is 1. The first-order valence-corrected chi connectivity index (χ1v) is 8.96. The fraction of sp³-hybridized carbons (Fsp3) is 0.130. The molecule has 4 heteroatoms. The lowest BCUT2D eigenvalue weighted by atomic mass is 9.99. The zero-order chi connectivity index (χ0) is 18.8. The van der Waals surface area contributed by atoms with Crippen LogP contribution in [0.25, 0.3) is 21.9 Å². The maximum absolute atomic E-state index is 14.2. The highest BCUT2D eigenvalue weighted by Crippen LogP contribution is 2.29. The van der Waals surface area contributed by atoms with Crippen LogP contribution < -0.4 is 5.32 Å². The van der Waals surface area contributed by atoms with E-state index in [9.17, 15) is 8.78 Å². The van der Waals surface area contributed by atoms with E-state index in [1.54, 1.807) is 12.3 Å². The van der Waals surface area contributed by atoms with Crippen LogP contribution in [0.1, 0.15) is 24.1 Å². The second kappa shape index (κ2) is 7.33. The standard InChI is InChI=1S/C23H20F2N2/c1-15(18-9-4-7-16-6-2-3-8-19(16)18)27-13-17-12-26-14-21(17)20-10-5-11-22(24)23(20)25/h2-12,14-15,26-27H,13H2,1H3/t15-/m1/s1. The quantitative estimate of drug-likeness (QED) is 0.450. The molecule has 0 spiro atoms. The molecule has 0 aliphatic heterocycles. The minimum absolute atomic E-state index is 0.108. The summed E-state index contributed by atoms with van der Waals surface area (Å²) in [5, 5.41) is 5.92. The predicted octanol–water partition coefficient (Wildman–Crippen LogP) is 5.96. The van der Waals surface area contributed by atoms with E-state index in [1.807, 2.05) is 18.3 Å². The molecule has 1 heterocycles. The molecule has 4 rings (SSSR count). The normalized spacial score (nSPS) is 12.4. The van der Waals surface area contributed by atoms with Gasteiger partial charge >= 0.3 is 0 Å². The monoisotopic (exact) mass is 362 g/mol. The third-order valence-electron chi connectivity index (χ3n) is 4.96. The van der Waals surface area contributed by atoms with Crippen molar-refractivity contribution in [3.05, 3.63) is 95.8 Å². The summed E-state index contributed by atoms with van der Waals surface area (Å²) in [5.41, 5.74) is 3.05. The van der Waals surface area contributed by atoms with Gasteiger partial charge in [0.1, 0.15) is 0 Å². The van der Waals surface area contributed by atoms with Crippen molar-refractivity contribution < 1.29 is 8.78 Å². The van der Waals surface area contributed by atoms with Gasteiger partial charge in [-0.2, -0.15) is 0 Å². The number of H-pyrrole nitrogens is 1. The molecule has 4 aromatic rings. The minimum atomic E-state index is -0.836. The van der Waals surface area contributed by atoms with Crippen LogP contribution in [-0.2, 0) is 6.54 Å². The number of hydrogen-bond acceptors (Lipinski definition) is 1. The van der Waals surface area contributed by atoms with Gasteiger partial charge in [0.2, 0.25) is 0 Å². The van der Waals surface area contributed by atoms with Crippen molar-refractivity contribution >= 4 is 10.8 Å². The highest BCUT2D eigenvalue weighted by atomic mass is 19.2. The summed E-state index contributed by atoms with van der Waals surface area (Å²) in [6, 6.07) is 18.9. The van der Waals surface area contributed by atoms with E-state index in [4.69, 9.17) is 0 Å². The molecule has 0 saturated heterocycles. The molecule has 0 radical (unpaired) electrons. The van der Waals surface area contributed by atoms with Crippen molar-refractivity contribution in [3.8, 4) is 11.1 Å². The molecular formula is C23H20F2N2. The van der Waals surface area contributed by atoms with Crippen LogP contribution in [0.4, 0.5) is 8.78 Å². The molecule has 0 bridgehead atoms. The van der Waals surface area contributed by atoms with Gasteiger partial charge in [0.05, 0.1) is 0 Å². The first-order valence-electron chi connectivity index (χ1n) is 8.96. The zero-order valence-electron chi connectivity index (χ0n) is 15.0. The van der Waals surface area contributed by atoms with Crippen LogP contribution >= 0.6 is 0 Å². The molecule has 0 aliphatic carbocycles. The topological polar surface area (TPSA) is 27.8 Å². The van der Waals surface area contributed by atoms with Crippen molar-refractivity contribution in [1.29, 1.82) is 0 Å². The predicted molar refractivity (Wildman–Crippen MR) is 105 cm³/mol. The van der Waals surface area contributed by atoms with Gasteiger partial charge in [-0.25, -0.2) is 8.78 Å². The summed E-state index contributed by atoms with van der Waals surface area (Å²) in [4.78, 5) is 3.01. The first kappa shape index (κ1) is 17.4. The van der Waals surface area contributed by atoms with Crippen molar-refractivity contribution in [1.82, 2.24) is 10.3 Å². The largest absolute Gasteiger partial charge is 0.367 e. The number of rotatable bonds is 5. The van der Waals surface area contributed by atoms with Crippen LogP contribution in [0.2, 0.25) is 0 Å². The lowest BCUT2D eigenvalue weighted by Gasteiger charge is -2.17. The second-order valence-electron chi connectivity index (χ2n) is 6.67. The van der Waals surface area contributed by atoms with E-state index < -0.39 is 11.6 Å². The Labute approximate surface area is 156 Å². The molecule has 2 N–H and O–H groups in total. The van der Waals surface area contributed by atoms with Crippen LogP contribution in [0.3, 0.4) is 0 Å². The maximum atomic E-state index is 14.2. The van der Waals surface area contributed by atoms with Gasteiger partial charge in [-0.1, -0.05) is 54.6 Å². The molecule has 1 atom stereocenters. The number of benzene rings is 3. The molecule has 3 aromatic carbocycles. The summed E-state index contributed by atoms with van der Waals surface area (Å²) in [7, 11) is 0. The van der Waals surface area contributed by atoms with E-state index in [2.05, 4.69) is 47.6 Å². The van der Waals surface area contributed by atoms with E-state index in [0.717, 1.165) is 11.6 Å². The SMILES string of the molecule is C[C@@H](NCc1c[nH]cc1-c1cccc(F)c1F)c1cccc2ccccc12. The lowest BCUT2D eigenvalue weighted by Crippen LogP contribution is -2.18. The van der Waals surface area contributed by atoms with E-state index >= 15 is 0 Å². The molecule has 0 unspecified atom stereocenters. The number of aromatic nitrogens is 1. The van der Waals surface area contributed by atoms with Crippen LogP contribution in [-0.4, -0.2) is 4.98 Å². The Morgan fingerprint density at radius 3 is 2.56 bits per heavy atom. The Morgan fingerprint density at radius 1 is 0.889 bits per heavy atom. The summed E-state index contributed by atoms with van der Waals surface area (Å²) >= 11 is 0. The maximum Gasteiger partial charge on any atom is 0.166 e. The van der Waals surface area contributed by atoms with Gasteiger partial charge in [-0.3, -0.25) is 0 Å². The van der Waals surface area contributed by atoms with E-state index in [-0.39, 0.29) is 11.6 Å². The Morgan fingerprint density at radius 2 is 1.67 bits per heavy atom. The molecule has 0 fully saturated rings. The van der Waals surface area contributed by atoms with Gasteiger partial charge in [0, 0.05) is 36.1 Å². The second-order valence-corrected chi connectivity index (χ2v) is 6.67. The highest BCUT2D eigenvalue weighted by Gasteiger charge is 2.15. The third-order valence-corrected chi connectivity index (χ3v) is 4.96. The minimum Gasteiger partial charge on any atom is -0.367 e. The Hall–Kier alpha value is -2.98. The molecule has 2 nitrogen and oxygen atoms in total. The van der Waals surface area contributed by atoms with Crippen LogP contribution in [0.15, 0.2) is 73.1 Å². The molecule has 0 amide bonds. The Balaban J connectivity index is 1.58. The van der Waals surface area contributed by atoms with Gasteiger partial charge in [0.15, 0.2) is 11.6 Å². The van der Waals surface area contributed by atoms with Gasteiger partial charge < -0.3 is 10.3 Å². The fourth-order valence-electron chi connectivity index (χ4n) is 3.51. The van der Waals surface area contributed by atoms with E-state index in [1.165, 1.54) is 22.4 Å². The molecular weight excluding hydrogens is 342 g/mol. The summed E-state index contributed by atoms with van der Waals surface area (Å²) in [6.07, 6.45) is 3.53. The smallest absolute Gasteiger partial charge is 0.166 e. The van der Waals surface area contributed by atoms with Crippen LogP contribution in [0, 0.1) is 11.6 Å². The summed E-state index contributed by atoms with van der Waals surface area (Å²) in [6.45, 7) is 2.65. The number of halogens is 2. The molecule has 27 heavy (non-hydrogen) atoms.